The molecule has 2 aromatic heterocycles. The van der Waals surface area contributed by atoms with E-state index in [-0.39, 0.29) is 0 Å². The highest BCUT2D eigenvalue weighted by Crippen LogP contribution is 2.23. The van der Waals surface area contributed by atoms with Crippen LogP contribution in [0.25, 0.3) is 11.5 Å². The zero-order chi connectivity index (χ0) is 14.7. The number of nitrogens with zero attached hydrogens (tertiary/aromatic N) is 5. The van der Waals surface area contributed by atoms with E-state index in [0.717, 1.165) is 16.5 Å². The summed E-state index contributed by atoms with van der Waals surface area (Å²) in [7, 11) is 3.52. The number of benzene rings is 1. The first-order valence-corrected chi connectivity index (χ1v) is 7.18. The van der Waals surface area contributed by atoms with E-state index in [0.29, 0.717) is 17.5 Å². The SMILES string of the molecule is COc1ccc(-c2nc(CSc3nncn3C)no2)cc1. The second-order valence-electron chi connectivity index (χ2n) is 4.26. The lowest BCUT2D eigenvalue weighted by molar-refractivity contribution is 0.414. The van der Waals surface area contributed by atoms with Crippen molar-refractivity contribution in [2.75, 3.05) is 7.11 Å². The number of hydrogen-bond donors (Lipinski definition) is 0. The lowest BCUT2D eigenvalue weighted by Crippen LogP contribution is -1.91. The highest BCUT2D eigenvalue weighted by atomic mass is 32.2. The van der Waals surface area contributed by atoms with Gasteiger partial charge in [0.1, 0.15) is 12.1 Å². The van der Waals surface area contributed by atoms with Crippen LogP contribution in [0, 0.1) is 0 Å². The van der Waals surface area contributed by atoms with Crippen molar-refractivity contribution in [3.8, 4) is 17.2 Å². The molecule has 0 spiro atoms. The van der Waals surface area contributed by atoms with Crippen LogP contribution in [0.3, 0.4) is 0 Å². The summed E-state index contributed by atoms with van der Waals surface area (Å²) in [5.74, 6) is 2.47. The summed E-state index contributed by atoms with van der Waals surface area (Å²) in [6, 6.07) is 7.47. The van der Waals surface area contributed by atoms with Crippen molar-refractivity contribution in [3.63, 3.8) is 0 Å². The van der Waals surface area contributed by atoms with Gasteiger partial charge in [0.15, 0.2) is 11.0 Å². The maximum Gasteiger partial charge on any atom is 0.257 e. The van der Waals surface area contributed by atoms with Crippen LogP contribution in [0.5, 0.6) is 5.75 Å². The van der Waals surface area contributed by atoms with Crippen molar-refractivity contribution < 1.29 is 9.26 Å². The van der Waals surface area contributed by atoms with E-state index in [9.17, 15) is 0 Å². The van der Waals surface area contributed by atoms with Gasteiger partial charge in [0, 0.05) is 12.6 Å². The van der Waals surface area contributed by atoms with E-state index in [1.54, 1.807) is 13.4 Å². The zero-order valence-electron chi connectivity index (χ0n) is 11.6. The van der Waals surface area contributed by atoms with E-state index in [1.807, 2.05) is 35.9 Å². The first-order valence-electron chi connectivity index (χ1n) is 6.20. The van der Waals surface area contributed by atoms with Crippen LogP contribution in [0.15, 0.2) is 40.3 Å². The molecule has 3 aromatic rings. The molecule has 0 aliphatic carbocycles. The first-order chi connectivity index (χ1) is 10.3. The van der Waals surface area contributed by atoms with Gasteiger partial charge >= 0.3 is 0 Å². The Kier molecular flexibility index (Phi) is 3.87. The molecule has 0 amide bonds. The van der Waals surface area contributed by atoms with Gasteiger partial charge in [-0.25, -0.2) is 0 Å². The van der Waals surface area contributed by atoms with Gasteiger partial charge in [-0.1, -0.05) is 16.9 Å². The van der Waals surface area contributed by atoms with Gasteiger partial charge in [-0.2, -0.15) is 4.98 Å². The summed E-state index contributed by atoms with van der Waals surface area (Å²) in [6.07, 6.45) is 1.65. The van der Waals surface area contributed by atoms with Crippen molar-refractivity contribution in [2.45, 2.75) is 10.9 Å². The van der Waals surface area contributed by atoms with Gasteiger partial charge in [0.2, 0.25) is 0 Å². The summed E-state index contributed by atoms with van der Waals surface area (Å²) >= 11 is 1.51. The van der Waals surface area contributed by atoms with Gasteiger partial charge < -0.3 is 13.8 Å². The van der Waals surface area contributed by atoms with Gasteiger partial charge in [0.05, 0.1) is 12.9 Å². The van der Waals surface area contributed by atoms with Crippen LogP contribution in [0.1, 0.15) is 5.82 Å². The summed E-state index contributed by atoms with van der Waals surface area (Å²) < 4.78 is 12.2. The Labute approximate surface area is 125 Å². The maximum atomic E-state index is 5.27. The number of aromatic nitrogens is 5. The fourth-order valence-corrected chi connectivity index (χ4v) is 2.43. The summed E-state index contributed by atoms with van der Waals surface area (Å²) in [5, 5.41) is 12.6. The Hall–Kier alpha value is -2.35. The van der Waals surface area contributed by atoms with Crippen LogP contribution in [0.2, 0.25) is 0 Å². The molecule has 0 unspecified atom stereocenters. The molecule has 0 atom stereocenters. The molecule has 108 valence electrons. The predicted molar refractivity (Wildman–Crippen MR) is 76.9 cm³/mol. The molecule has 21 heavy (non-hydrogen) atoms. The van der Waals surface area contributed by atoms with Gasteiger partial charge in [-0.3, -0.25) is 0 Å². The smallest absolute Gasteiger partial charge is 0.257 e. The first kappa shape index (κ1) is 13.6. The molecule has 0 aliphatic heterocycles. The minimum Gasteiger partial charge on any atom is -0.497 e. The van der Waals surface area contributed by atoms with Gasteiger partial charge in [-0.15, -0.1) is 10.2 Å². The molecule has 8 heteroatoms. The third-order valence-electron chi connectivity index (χ3n) is 2.81. The number of thioether (sulfide) groups is 1. The standard InChI is InChI=1S/C13H13N5O2S/c1-18-8-14-16-13(18)21-7-11-15-12(20-17-11)9-3-5-10(19-2)6-4-9/h3-6,8H,7H2,1-2H3. The topological polar surface area (TPSA) is 78.9 Å². The fourth-order valence-electron chi connectivity index (χ4n) is 1.70. The molecule has 0 fully saturated rings. The predicted octanol–water partition coefficient (Wildman–Crippen LogP) is 2.17. The van der Waals surface area contributed by atoms with Crippen molar-refractivity contribution in [1.29, 1.82) is 0 Å². The maximum absolute atomic E-state index is 5.27. The average Bonchev–Trinajstić information content (AvgIpc) is 3.14. The molecule has 0 N–H and O–H groups in total. The Morgan fingerprint density at radius 2 is 2.10 bits per heavy atom. The van der Waals surface area contributed by atoms with Crippen molar-refractivity contribution in [2.24, 2.45) is 7.05 Å². The third kappa shape index (κ3) is 3.05. The average molecular weight is 303 g/mol. The van der Waals surface area contributed by atoms with E-state index in [1.165, 1.54) is 11.8 Å². The Bertz CT molecular complexity index is 722. The molecule has 0 bridgehead atoms. The summed E-state index contributed by atoms with van der Waals surface area (Å²) in [6.45, 7) is 0. The molecular weight excluding hydrogens is 290 g/mol. The fraction of sp³-hybridized carbons (Fsp3) is 0.231. The van der Waals surface area contributed by atoms with E-state index in [4.69, 9.17) is 9.26 Å². The monoisotopic (exact) mass is 303 g/mol. The van der Waals surface area contributed by atoms with Gasteiger partial charge in [-0.05, 0) is 24.3 Å². The Morgan fingerprint density at radius 1 is 1.29 bits per heavy atom. The lowest BCUT2D eigenvalue weighted by atomic mass is 10.2. The molecule has 2 heterocycles. The molecule has 7 nitrogen and oxygen atoms in total. The second-order valence-corrected chi connectivity index (χ2v) is 5.20. The van der Waals surface area contributed by atoms with E-state index < -0.39 is 0 Å². The molecule has 1 aromatic carbocycles. The lowest BCUT2D eigenvalue weighted by Gasteiger charge is -1.98. The molecule has 3 rings (SSSR count). The highest BCUT2D eigenvalue weighted by Gasteiger charge is 2.10. The molecule has 0 saturated carbocycles. The summed E-state index contributed by atoms with van der Waals surface area (Å²) in [5.41, 5.74) is 0.859. The molecule has 0 saturated heterocycles. The Balaban J connectivity index is 1.69. The van der Waals surface area contributed by atoms with Crippen LogP contribution in [-0.2, 0) is 12.8 Å². The van der Waals surface area contributed by atoms with Gasteiger partial charge in [0.25, 0.3) is 5.89 Å². The number of methoxy groups -OCH3 is 1. The van der Waals surface area contributed by atoms with Crippen LogP contribution in [-0.4, -0.2) is 32.0 Å². The Morgan fingerprint density at radius 3 is 2.76 bits per heavy atom. The van der Waals surface area contributed by atoms with Crippen molar-refractivity contribution in [1.82, 2.24) is 24.9 Å². The minimum absolute atomic E-state index is 0.492. The number of rotatable bonds is 5. The highest BCUT2D eigenvalue weighted by molar-refractivity contribution is 7.98. The third-order valence-corrected chi connectivity index (χ3v) is 3.84. The normalized spacial score (nSPS) is 10.8. The van der Waals surface area contributed by atoms with Crippen LogP contribution >= 0.6 is 11.8 Å². The largest absolute Gasteiger partial charge is 0.497 e. The zero-order valence-corrected chi connectivity index (χ0v) is 12.4. The molecular formula is C13H13N5O2S. The molecule has 0 aliphatic rings. The summed E-state index contributed by atoms with van der Waals surface area (Å²) in [4.78, 5) is 4.37. The number of hydrogen-bond acceptors (Lipinski definition) is 7. The minimum atomic E-state index is 0.492. The van der Waals surface area contributed by atoms with Crippen molar-refractivity contribution in [3.05, 3.63) is 36.4 Å². The van der Waals surface area contributed by atoms with E-state index in [2.05, 4.69) is 20.3 Å². The van der Waals surface area contributed by atoms with Crippen LogP contribution in [0.4, 0.5) is 0 Å². The number of aryl methyl sites for hydroxylation is 1. The quantitative estimate of drug-likeness (QED) is 0.668. The number of ether oxygens (including phenoxy) is 1. The van der Waals surface area contributed by atoms with Crippen LogP contribution < -0.4 is 4.74 Å². The van der Waals surface area contributed by atoms with E-state index >= 15 is 0 Å². The second kappa shape index (κ2) is 5.96. The molecule has 0 radical (unpaired) electrons. The van der Waals surface area contributed by atoms with Crippen molar-refractivity contribution >= 4 is 11.8 Å².